The van der Waals surface area contributed by atoms with E-state index in [0.717, 1.165) is 37.9 Å². The number of aryl methyl sites for hydroxylation is 2. The fourth-order valence-corrected chi connectivity index (χ4v) is 4.45. The van der Waals surface area contributed by atoms with Crippen molar-refractivity contribution in [3.8, 4) is 0 Å². The molecule has 4 heteroatoms. The molecule has 1 aliphatic carbocycles. The number of carbonyl (C=O) groups is 1. The molecule has 1 amide bonds. The first-order valence-corrected chi connectivity index (χ1v) is 9.00. The summed E-state index contributed by atoms with van der Waals surface area (Å²) in [6.45, 7) is 1.68. The number of likely N-dealkylation sites (tertiary alicyclic amines) is 1. The van der Waals surface area contributed by atoms with Gasteiger partial charge in [-0.1, -0.05) is 6.07 Å². The van der Waals surface area contributed by atoms with Crippen molar-refractivity contribution in [3.05, 3.63) is 51.5 Å². The zero-order valence-electron chi connectivity index (χ0n) is 12.6. The predicted octanol–water partition coefficient (Wildman–Crippen LogP) is 3.65. The zero-order valence-corrected chi connectivity index (χ0v) is 13.4. The van der Waals surface area contributed by atoms with Crippen molar-refractivity contribution in [3.63, 3.8) is 0 Å². The number of rotatable bonds is 2. The molecule has 1 aromatic heterocycles. The zero-order chi connectivity index (χ0) is 14.9. The lowest BCUT2D eigenvalue weighted by Crippen LogP contribution is -2.39. The number of fused-ring (bicyclic) bond motifs is 1. The number of aromatic nitrogens is 1. The molecule has 22 heavy (non-hydrogen) atoms. The minimum Gasteiger partial charge on any atom is -0.338 e. The van der Waals surface area contributed by atoms with Gasteiger partial charge in [0, 0.05) is 36.1 Å². The van der Waals surface area contributed by atoms with E-state index in [1.54, 1.807) is 11.3 Å². The molecule has 1 fully saturated rings. The molecule has 0 saturated carbocycles. The largest absolute Gasteiger partial charge is 0.338 e. The molecule has 0 unspecified atom stereocenters. The summed E-state index contributed by atoms with van der Waals surface area (Å²) in [4.78, 5) is 19.3. The molecule has 0 N–H and O–H groups in total. The summed E-state index contributed by atoms with van der Waals surface area (Å²) in [5.74, 6) is 0.600. The van der Waals surface area contributed by atoms with Gasteiger partial charge in [-0.05, 0) is 55.4 Å². The fraction of sp³-hybridized carbons (Fsp3) is 0.444. The van der Waals surface area contributed by atoms with Crippen molar-refractivity contribution in [2.75, 3.05) is 13.1 Å². The van der Waals surface area contributed by atoms with Crippen LogP contribution in [0, 0.1) is 0 Å². The highest BCUT2D eigenvalue weighted by molar-refractivity contribution is 7.09. The van der Waals surface area contributed by atoms with E-state index in [2.05, 4.69) is 17.1 Å². The fourth-order valence-electron chi connectivity index (χ4n) is 3.69. The molecule has 1 saturated heterocycles. The Morgan fingerprint density at radius 3 is 3.00 bits per heavy atom. The lowest BCUT2D eigenvalue weighted by molar-refractivity contribution is 0.0707. The molecule has 1 aliphatic heterocycles. The van der Waals surface area contributed by atoms with Crippen LogP contribution in [0.4, 0.5) is 0 Å². The van der Waals surface area contributed by atoms with Crippen molar-refractivity contribution in [2.24, 2.45) is 0 Å². The van der Waals surface area contributed by atoms with Gasteiger partial charge >= 0.3 is 0 Å². The highest BCUT2D eigenvalue weighted by Crippen LogP contribution is 2.29. The molecule has 2 aliphatic rings. The second-order valence-electron chi connectivity index (χ2n) is 6.30. The van der Waals surface area contributed by atoms with Gasteiger partial charge in [-0.2, -0.15) is 0 Å². The van der Waals surface area contributed by atoms with Gasteiger partial charge in [0.2, 0.25) is 0 Å². The average Bonchev–Trinajstić information content (AvgIpc) is 3.25. The van der Waals surface area contributed by atoms with Gasteiger partial charge in [0.1, 0.15) is 0 Å². The Morgan fingerprint density at radius 2 is 2.14 bits per heavy atom. The van der Waals surface area contributed by atoms with Gasteiger partial charge in [-0.15, -0.1) is 11.3 Å². The van der Waals surface area contributed by atoms with Crippen molar-refractivity contribution in [2.45, 2.75) is 38.0 Å². The van der Waals surface area contributed by atoms with Gasteiger partial charge < -0.3 is 4.90 Å². The maximum Gasteiger partial charge on any atom is 0.253 e. The minimum absolute atomic E-state index is 0.191. The van der Waals surface area contributed by atoms with Crippen molar-refractivity contribution in [1.82, 2.24) is 9.88 Å². The number of hydrogen-bond acceptors (Lipinski definition) is 3. The predicted molar refractivity (Wildman–Crippen MR) is 88.5 cm³/mol. The Morgan fingerprint density at radius 1 is 1.23 bits per heavy atom. The van der Waals surface area contributed by atoms with E-state index in [-0.39, 0.29) is 5.91 Å². The molecule has 114 valence electrons. The number of piperidine rings is 1. The maximum absolute atomic E-state index is 12.8. The van der Waals surface area contributed by atoms with Crippen molar-refractivity contribution in [1.29, 1.82) is 0 Å². The Hall–Kier alpha value is -1.68. The number of thiazole rings is 1. The lowest BCUT2D eigenvalue weighted by atomic mass is 9.97. The molecular formula is C18H20N2OS. The topological polar surface area (TPSA) is 33.2 Å². The summed E-state index contributed by atoms with van der Waals surface area (Å²) in [6, 6.07) is 6.29. The molecular weight excluding hydrogens is 292 g/mol. The average molecular weight is 312 g/mol. The quantitative estimate of drug-likeness (QED) is 0.848. The SMILES string of the molecule is O=C(c1ccc2c(c1)CCC2)N1CCC[C@H](c2nccs2)C1. The Kier molecular flexibility index (Phi) is 3.70. The summed E-state index contributed by atoms with van der Waals surface area (Å²) < 4.78 is 0. The third kappa shape index (κ3) is 2.56. The highest BCUT2D eigenvalue weighted by Gasteiger charge is 2.27. The summed E-state index contributed by atoms with van der Waals surface area (Å²) in [5, 5.41) is 3.20. The number of carbonyl (C=O) groups excluding carboxylic acids is 1. The molecule has 0 bridgehead atoms. The Labute approximate surface area is 135 Å². The molecule has 1 aromatic carbocycles. The normalized spacial score (nSPS) is 20.9. The van der Waals surface area contributed by atoms with Gasteiger partial charge in [-0.3, -0.25) is 4.79 Å². The molecule has 0 spiro atoms. The van der Waals surface area contributed by atoms with Gasteiger partial charge in [0.15, 0.2) is 0 Å². The summed E-state index contributed by atoms with van der Waals surface area (Å²) >= 11 is 1.71. The molecule has 4 rings (SSSR count). The van der Waals surface area contributed by atoms with Crippen LogP contribution in [0.2, 0.25) is 0 Å². The number of benzene rings is 1. The van der Waals surface area contributed by atoms with Crippen LogP contribution in [0.15, 0.2) is 29.8 Å². The van der Waals surface area contributed by atoms with E-state index in [4.69, 9.17) is 0 Å². The molecule has 0 radical (unpaired) electrons. The Bertz CT molecular complexity index is 680. The van der Waals surface area contributed by atoms with Crippen LogP contribution in [0.1, 0.15) is 51.7 Å². The first-order valence-electron chi connectivity index (χ1n) is 8.12. The Balaban J connectivity index is 1.52. The maximum atomic E-state index is 12.8. The van der Waals surface area contributed by atoms with E-state index in [1.807, 2.05) is 22.5 Å². The van der Waals surface area contributed by atoms with E-state index >= 15 is 0 Å². The van der Waals surface area contributed by atoms with Gasteiger partial charge in [0.05, 0.1) is 5.01 Å². The number of nitrogens with zero attached hydrogens (tertiary/aromatic N) is 2. The minimum atomic E-state index is 0.191. The third-order valence-electron chi connectivity index (χ3n) is 4.85. The molecule has 1 atom stereocenters. The van der Waals surface area contributed by atoms with E-state index in [1.165, 1.54) is 29.0 Å². The van der Waals surface area contributed by atoms with Crippen molar-refractivity contribution >= 4 is 17.2 Å². The second-order valence-corrected chi connectivity index (χ2v) is 7.22. The van der Waals surface area contributed by atoms with E-state index in [9.17, 15) is 4.79 Å². The smallest absolute Gasteiger partial charge is 0.253 e. The van der Waals surface area contributed by atoms with Crippen LogP contribution in [0.25, 0.3) is 0 Å². The second kappa shape index (κ2) is 5.84. The monoisotopic (exact) mass is 312 g/mol. The molecule has 2 heterocycles. The van der Waals surface area contributed by atoms with Crippen LogP contribution in [0.5, 0.6) is 0 Å². The van der Waals surface area contributed by atoms with E-state index in [0.29, 0.717) is 5.92 Å². The summed E-state index contributed by atoms with van der Waals surface area (Å²) in [7, 11) is 0. The third-order valence-corrected chi connectivity index (χ3v) is 5.79. The van der Waals surface area contributed by atoms with Crippen LogP contribution < -0.4 is 0 Å². The summed E-state index contributed by atoms with van der Waals surface area (Å²) in [6.07, 6.45) is 7.59. The first-order chi connectivity index (χ1) is 10.8. The summed E-state index contributed by atoms with van der Waals surface area (Å²) in [5.41, 5.74) is 3.66. The standard InChI is InChI=1S/C18H20N2OS/c21-18(15-7-6-13-3-1-4-14(13)11-15)20-9-2-5-16(12-20)17-19-8-10-22-17/h6-8,10-11,16H,1-5,9,12H2/t16-/m0/s1. The number of amides is 1. The number of hydrogen-bond donors (Lipinski definition) is 0. The lowest BCUT2D eigenvalue weighted by Gasteiger charge is -2.32. The first kappa shape index (κ1) is 13.9. The molecule has 2 aromatic rings. The van der Waals surface area contributed by atoms with E-state index < -0.39 is 0 Å². The molecule has 3 nitrogen and oxygen atoms in total. The van der Waals surface area contributed by atoms with Gasteiger partial charge in [0.25, 0.3) is 5.91 Å². The van der Waals surface area contributed by atoms with Crippen LogP contribution in [-0.4, -0.2) is 28.9 Å². The highest BCUT2D eigenvalue weighted by atomic mass is 32.1. The van der Waals surface area contributed by atoms with Crippen LogP contribution in [-0.2, 0) is 12.8 Å². The van der Waals surface area contributed by atoms with Crippen LogP contribution >= 0.6 is 11.3 Å². The van der Waals surface area contributed by atoms with Crippen molar-refractivity contribution < 1.29 is 4.79 Å². The van der Waals surface area contributed by atoms with Gasteiger partial charge in [-0.25, -0.2) is 4.98 Å². The van der Waals surface area contributed by atoms with Crippen LogP contribution in [0.3, 0.4) is 0 Å².